The van der Waals surface area contributed by atoms with E-state index in [4.69, 9.17) is 16.7 Å². The summed E-state index contributed by atoms with van der Waals surface area (Å²) in [5, 5.41) is 9.04. The van der Waals surface area contributed by atoms with Crippen molar-refractivity contribution in [2.24, 2.45) is 0 Å². The van der Waals surface area contributed by atoms with Gasteiger partial charge in [0.25, 0.3) is 0 Å². The van der Waals surface area contributed by atoms with Gasteiger partial charge in [-0.3, -0.25) is 9.88 Å². The first kappa shape index (κ1) is 18.7. The molecule has 1 aliphatic rings. The number of carboxylic acids is 1. The van der Waals surface area contributed by atoms with Gasteiger partial charge in [-0.1, -0.05) is 23.7 Å². The number of hydrogen-bond acceptors (Lipinski definition) is 6. The summed E-state index contributed by atoms with van der Waals surface area (Å²) >= 11 is 6.03. The molecule has 0 saturated carbocycles. The van der Waals surface area contributed by atoms with Crippen LogP contribution >= 0.6 is 11.6 Å². The molecule has 3 rings (SSSR count). The van der Waals surface area contributed by atoms with Crippen LogP contribution in [-0.4, -0.2) is 64.8 Å². The van der Waals surface area contributed by atoms with Gasteiger partial charge in [-0.05, 0) is 12.1 Å². The molecule has 10 heteroatoms. The lowest BCUT2D eigenvalue weighted by Crippen LogP contribution is -2.48. The molecule has 0 amide bonds. The molecule has 138 valence electrons. The van der Waals surface area contributed by atoms with Gasteiger partial charge in [0, 0.05) is 32.7 Å². The molecule has 0 radical (unpaired) electrons. The number of carboxylic acid groups (broad SMARTS) is 1. The van der Waals surface area contributed by atoms with E-state index in [2.05, 4.69) is 9.97 Å². The van der Waals surface area contributed by atoms with Gasteiger partial charge in [-0.15, -0.1) is 0 Å². The minimum atomic E-state index is -3.62. The van der Waals surface area contributed by atoms with E-state index in [0.29, 0.717) is 38.4 Å². The summed E-state index contributed by atoms with van der Waals surface area (Å²) in [7, 11) is -3.62. The lowest BCUT2D eigenvalue weighted by atomic mass is 10.3. The number of nitrogens with zero attached hydrogens (tertiary/aromatic N) is 4. The van der Waals surface area contributed by atoms with Crippen LogP contribution in [0, 0.1) is 0 Å². The molecule has 1 fully saturated rings. The van der Waals surface area contributed by atoms with E-state index in [-0.39, 0.29) is 15.6 Å². The number of benzene rings is 1. The first-order valence-corrected chi connectivity index (χ1v) is 9.71. The summed E-state index contributed by atoms with van der Waals surface area (Å²) in [6.07, 6.45) is 2.64. The van der Waals surface area contributed by atoms with Gasteiger partial charge in [0.1, 0.15) is 4.90 Å². The molecule has 1 saturated heterocycles. The molecule has 8 nitrogen and oxygen atoms in total. The molecular formula is C16H17ClN4O4S. The summed E-state index contributed by atoms with van der Waals surface area (Å²) in [6.45, 7) is 2.23. The summed E-state index contributed by atoms with van der Waals surface area (Å²) in [5.74, 6) is -1.12. The predicted octanol–water partition coefficient (Wildman–Crippen LogP) is 1.33. The van der Waals surface area contributed by atoms with E-state index >= 15 is 0 Å². The highest BCUT2D eigenvalue weighted by molar-refractivity contribution is 7.89. The Labute approximate surface area is 156 Å². The zero-order valence-electron chi connectivity index (χ0n) is 13.7. The van der Waals surface area contributed by atoms with Crippen molar-refractivity contribution in [2.75, 3.05) is 26.2 Å². The Morgan fingerprint density at radius 3 is 2.38 bits per heavy atom. The molecule has 1 aromatic carbocycles. The van der Waals surface area contributed by atoms with Crippen molar-refractivity contribution < 1.29 is 18.3 Å². The van der Waals surface area contributed by atoms with Gasteiger partial charge in [0.05, 0.1) is 23.1 Å². The second-order valence-electron chi connectivity index (χ2n) is 5.81. The van der Waals surface area contributed by atoms with Gasteiger partial charge < -0.3 is 5.11 Å². The van der Waals surface area contributed by atoms with Gasteiger partial charge >= 0.3 is 5.97 Å². The van der Waals surface area contributed by atoms with Crippen LogP contribution in [0.4, 0.5) is 0 Å². The molecule has 2 aromatic rings. The molecule has 0 aliphatic carbocycles. The zero-order valence-corrected chi connectivity index (χ0v) is 15.3. The number of carbonyl (C=O) groups is 1. The Kier molecular flexibility index (Phi) is 5.52. The number of aromatic nitrogens is 2. The van der Waals surface area contributed by atoms with Crippen LogP contribution < -0.4 is 0 Å². The smallest absolute Gasteiger partial charge is 0.356 e. The standard InChI is InChI=1S/C16H17ClN4O4S/c17-13-3-1-2-4-15(13)26(24,25)21-7-5-20(6-8-21)11-12-9-19-14(10-18-12)16(22)23/h1-4,9-10H,5-8,11H2,(H,22,23). The summed E-state index contributed by atoms with van der Waals surface area (Å²) in [5.41, 5.74) is 0.529. The third-order valence-electron chi connectivity index (χ3n) is 4.10. The molecule has 1 N–H and O–H groups in total. The van der Waals surface area contributed by atoms with E-state index in [1.807, 2.05) is 4.90 Å². The second-order valence-corrected chi connectivity index (χ2v) is 8.12. The molecule has 0 spiro atoms. The highest BCUT2D eigenvalue weighted by Gasteiger charge is 2.30. The maximum absolute atomic E-state index is 12.7. The predicted molar refractivity (Wildman–Crippen MR) is 94.5 cm³/mol. The minimum absolute atomic E-state index is 0.107. The van der Waals surface area contributed by atoms with E-state index in [1.54, 1.807) is 18.2 Å². The SMILES string of the molecule is O=C(O)c1cnc(CN2CCN(S(=O)(=O)c3ccccc3Cl)CC2)cn1. The van der Waals surface area contributed by atoms with Crippen LogP contribution in [0.1, 0.15) is 16.2 Å². The molecule has 1 aromatic heterocycles. The van der Waals surface area contributed by atoms with E-state index in [9.17, 15) is 13.2 Å². The Bertz CT molecular complexity index is 897. The van der Waals surface area contributed by atoms with Gasteiger partial charge in [0.2, 0.25) is 10.0 Å². The molecule has 0 bridgehead atoms. The van der Waals surface area contributed by atoms with Crippen molar-refractivity contribution in [1.29, 1.82) is 0 Å². The maximum atomic E-state index is 12.7. The molecule has 1 aliphatic heterocycles. The highest BCUT2D eigenvalue weighted by atomic mass is 35.5. The average molecular weight is 397 g/mol. The fourth-order valence-corrected chi connectivity index (χ4v) is 4.61. The third kappa shape index (κ3) is 4.01. The second kappa shape index (κ2) is 7.67. The molecule has 26 heavy (non-hydrogen) atoms. The third-order valence-corrected chi connectivity index (χ3v) is 6.49. The Morgan fingerprint density at radius 2 is 1.81 bits per heavy atom. The molecular weight excluding hydrogens is 380 g/mol. The highest BCUT2D eigenvalue weighted by Crippen LogP contribution is 2.25. The number of halogens is 1. The van der Waals surface area contributed by atoms with E-state index in [1.165, 1.54) is 22.8 Å². The van der Waals surface area contributed by atoms with Crippen LogP contribution in [0.15, 0.2) is 41.6 Å². The summed E-state index contributed by atoms with van der Waals surface area (Å²) in [4.78, 5) is 20.9. The fourth-order valence-electron chi connectivity index (χ4n) is 2.70. The lowest BCUT2D eigenvalue weighted by Gasteiger charge is -2.33. The van der Waals surface area contributed by atoms with E-state index < -0.39 is 16.0 Å². The Hall–Kier alpha value is -2.07. The monoisotopic (exact) mass is 396 g/mol. The van der Waals surface area contributed by atoms with Crippen LogP contribution in [0.5, 0.6) is 0 Å². The number of aromatic carboxylic acids is 1. The zero-order chi connectivity index (χ0) is 18.7. The topological polar surface area (TPSA) is 104 Å². The van der Waals surface area contributed by atoms with Crippen molar-refractivity contribution in [2.45, 2.75) is 11.4 Å². The number of sulfonamides is 1. The normalized spacial score (nSPS) is 16.5. The van der Waals surface area contributed by atoms with Gasteiger partial charge in [-0.25, -0.2) is 18.2 Å². The maximum Gasteiger partial charge on any atom is 0.356 e. The molecule has 0 atom stereocenters. The van der Waals surface area contributed by atoms with Crippen molar-refractivity contribution in [3.8, 4) is 0 Å². The van der Waals surface area contributed by atoms with Crippen molar-refractivity contribution in [1.82, 2.24) is 19.2 Å². The van der Waals surface area contributed by atoms with Crippen LogP contribution in [-0.2, 0) is 16.6 Å². The van der Waals surface area contributed by atoms with Crippen molar-refractivity contribution in [3.05, 3.63) is 53.1 Å². The van der Waals surface area contributed by atoms with Gasteiger partial charge in [0.15, 0.2) is 5.69 Å². The van der Waals surface area contributed by atoms with Crippen LogP contribution in [0.25, 0.3) is 0 Å². The number of piperazine rings is 1. The summed E-state index contributed by atoms with van der Waals surface area (Å²) < 4.78 is 26.9. The molecule has 2 heterocycles. The Morgan fingerprint density at radius 1 is 1.12 bits per heavy atom. The first-order chi connectivity index (χ1) is 12.4. The fraction of sp³-hybridized carbons (Fsp3) is 0.312. The van der Waals surface area contributed by atoms with Crippen molar-refractivity contribution in [3.63, 3.8) is 0 Å². The number of hydrogen-bond donors (Lipinski definition) is 1. The van der Waals surface area contributed by atoms with E-state index in [0.717, 1.165) is 0 Å². The first-order valence-electron chi connectivity index (χ1n) is 7.89. The lowest BCUT2D eigenvalue weighted by molar-refractivity contribution is 0.0690. The van der Waals surface area contributed by atoms with Crippen LogP contribution in [0.2, 0.25) is 5.02 Å². The van der Waals surface area contributed by atoms with Gasteiger partial charge in [-0.2, -0.15) is 4.31 Å². The molecule has 0 unspecified atom stereocenters. The number of rotatable bonds is 5. The van der Waals surface area contributed by atoms with Crippen molar-refractivity contribution >= 4 is 27.6 Å². The van der Waals surface area contributed by atoms with Crippen LogP contribution in [0.3, 0.4) is 0 Å². The largest absolute Gasteiger partial charge is 0.476 e. The minimum Gasteiger partial charge on any atom is -0.476 e. The average Bonchev–Trinajstić information content (AvgIpc) is 2.63. The Balaban J connectivity index is 1.62. The summed E-state index contributed by atoms with van der Waals surface area (Å²) in [6, 6.07) is 6.40. The quantitative estimate of drug-likeness (QED) is 0.813.